The monoisotopic (exact) mass is 584 g/mol. The van der Waals surface area contributed by atoms with Gasteiger partial charge in [0, 0.05) is 12.1 Å². The number of imidazole rings is 1. The number of carboxylic acid groups (broad SMARTS) is 1. The molecule has 0 bridgehead atoms. The first-order chi connectivity index (χ1) is 20.0. The second-order valence-corrected chi connectivity index (χ2v) is 9.27. The number of fused-ring (bicyclic) bond motifs is 3. The number of aromatic nitrogens is 6. The molecular weight excluding hydrogens is 561 g/mol. The molecule has 0 aliphatic carbocycles. The summed E-state index contributed by atoms with van der Waals surface area (Å²) in [6.45, 7) is 2.77. The molecule has 1 aliphatic rings. The van der Waals surface area contributed by atoms with Gasteiger partial charge in [-0.05, 0) is 49.2 Å². The van der Waals surface area contributed by atoms with Gasteiger partial charge in [-0.2, -0.15) is 13.2 Å². The second kappa shape index (κ2) is 11.0. The fraction of sp³-hybridized carbons (Fsp3) is 0.259. The lowest BCUT2D eigenvalue weighted by Gasteiger charge is -2.25. The van der Waals surface area contributed by atoms with E-state index in [0.717, 1.165) is 17.1 Å². The van der Waals surface area contributed by atoms with Crippen molar-refractivity contribution < 1.29 is 32.5 Å². The molecule has 4 heterocycles. The third kappa shape index (κ3) is 5.40. The lowest BCUT2D eigenvalue weighted by atomic mass is 9.95. The van der Waals surface area contributed by atoms with E-state index in [1.165, 1.54) is 6.33 Å². The Morgan fingerprint density at radius 1 is 1.17 bits per heavy atom. The average Bonchev–Trinajstić information content (AvgIpc) is 3.31. The van der Waals surface area contributed by atoms with Crippen molar-refractivity contribution in [3.8, 4) is 22.8 Å². The number of aliphatic carboxylic acids is 1. The van der Waals surface area contributed by atoms with E-state index in [9.17, 15) is 22.8 Å². The fourth-order valence-corrected chi connectivity index (χ4v) is 4.68. The van der Waals surface area contributed by atoms with Crippen LogP contribution in [0.2, 0.25) is 0 Å². The highest BCUT2D eigenvalue weighted by Crippen LogP contribution is 2.34. The van der Waals surface area contributed by atoms with Crippen molar-refractivity contribution in [1.82, 2.24) is 29.5 Å². The van der Waals surface area contributed by atoms with Gasteiger partial charge in [-0.25, -0.2) is 24.5 Å². The first kappa shape index (κ1) is 28.3. The van der Waals surface area contributed by atoms with E-state index in [1.54, 1.807) is 23.8 Å². The molecule has 0 fully saturated rings. The number of carbonyl (C=O) groups is 1. The zero-order valence-electron chi connectivity index (χ0n) is 22.2. The summed E-state index contributed by atoms with van der Waals surface area (Å²) >= 11 is 0. The van der Waals surface area contributed by atoms with Crippen LogP contribution in [-0.4, -0.2) is 60.5 Å². The zero-order chi connectivity index (χ0) is 30.2. The number of H-pyrrole nitrogens is 2. The summed E-state index contributed by atoms with van der Waals surface area (Å²) in [6.07, 6.45) is -3.00. The zero-order valence-corrected chi connectivity index (χ0v) is 22.2. The van der Waals surface area contributed by atoms with Crippen LogP contribution in [0.25, 0.3) is 33.3 Å². The number of rotatable bonds is 4. The van der Waals surface area contributed by atoms with Gasteiger partial charge in [0.2, 0.25) is 0 Å². The van der Waals surface area contributed by atoms with Gasteiger partial charge in [-0.1, -0.05) is 6.07 Å². The minimum Gasteiger partial charge on any atom is -0.497 e. The number of aryl methyl sites for hydroxylation is 1. The predicted octanol–water partition coefficient (Wildman–Crippen LogP) is 3.40. The Kier molecular flexibility index (Phi) is 7.41. The van der Waals surface area contributed by atoms with Crippen LogP contribution in [0, 0.1) is 0 Å². The number of alkyl halides is 3. The highest BCUT2D eigenvalue weighted by molar-refractivity contribution is 5.91. The minimum absolute atomic E-state index is 0.0910. The van der Waals surface area contributed by atoms with Crippen molar-refractivity contribution in [2.45, 2.75) is 32.0 Å². The number of aromatic amines is 2. The molecule has 12 nitrogen and oxygen atoms in total. The van der Waals surface area contributed by atoms with Crippen molar-refractivity contribution in [2.24, 2.45) is 0 Å². The van der Waals surface area contributed by atoms with E-state index in [1.807, 2.05) is 31.2 Å². The molecule has 0 saturated heterocycles. The number of nitrogens with zero attached hydrogens (tertiary/aromatic N) is 4. The maximum atomic E-state index is 13.1. The fourth-order valence-electron chi connectivity index (χ4n) is 4.68. The Morgan fingerprint density at radius 3 is 2.62 bits per heavy atom. The Balaban J connectivity index is 0.000000451. The standard InChI is InChI=1S/C25H22N6O4.C2HF3O2/c1-3-31-21-20(26-12-27-23(21)30-25(31)33)13-4-6-18-17(10-13)24(32)29-22(28-18)15-8-14-9-16(34-2)5-7-19(14)35-11-15;3-2(4,5)1(6)7/h4-7,9-10,12,15H,3,8,11H2,1-2H3,(H,28,29,32)(H,26,27,30,33);(H,6,7). The maximum Gasteiger partial charge on any atom is 0.490 e. The van der Waals surface area contributed by atoms with Gasteiger partial charge in [0.05, 0.1) is 36.2 Å². The summed E-state index contributed by atoms with van der Waals surface area (Å²) in [5.41, 5.74) is 3.45. The van der Waals surface area contributed by atoms with Crippen LogP contribution in [0.3, 0.4) is 0 Å². The van der Waals surface area contributed by atoms with Gasteiger partial charge in [0.25, 0.3) is 5.56 Å². The second-order valence-electron chi connectivity index (χ2n) is 9.27. The Labute approximate surface area is 233 Å². The summed E-state index contributed by atoms with van der Waals surface area (Å²) in [7, 11) is 1.63. The lowest BCUT2D eigenvalue weighted by Crippen LogP contribution is -2.24. The molecule has 5 aromatic rings. The predicted molar refractivity (Wildman–Crippen MR) is 144 cm³/mol. The van der Waals surface area contributed by atoms with Crippen molar-refractivity contribution in [1.29, 1.82) is 0 Å². The molecule has 1 unspecified atom stereocenters. The average molecular weight is 585 g/mol. The summed E-state index contributed by atoms with van der Waals surface area (Å²) in [5, 5.41) is 7.57. The van der Waals surface area contributed by atoms with Crippen LogP contribution >= 0.6 is 0 Å². The third-order valence-electron chi connectivity index (χ3n) is 6.68. The van der Waals surface area contributed by atoms with E-state index in [2.05, 4.69) is 19.9 Å². The highest BCUT2D eigenvalue weighted by atomic mass is 19.4. The van der Waals surface area contributed by atoms with Crippen molar-refractivity contribution in [3.63, 3.8) is 0 Å². The Bertz CT molecular complexity index is 1930. The van der Waals surface area contributed by atoms with E-state index in [0.29, 0.717) is 58.7 Å². The number of nitrogens with one attached hydrogen (secondary N) is 2. The SMILES string of the molecule is CCn1c(=O)[nH]c2ncnc(-c3ccc4nc(C5COc6ccc(OC)cc6C5)[nH]c(=O)c4c3)c21.O=C(O)C(F)(F)F. The van der Waals surface area contributed by atoms with Crippen LogP contribution < -0.4 is 20.7 Å². The molecule has 0 saturated carbocycles. The van der Waals surface area contributed by atoms with Crippen LogP contribution in [0.5, 0.6) is 11.5 Å². The van der Waals surface area contributed by atoms with Gasteiger partial charge < -0.3 is 19.6 Å². The van der Waals surface area contributed by atoms with E-state index in [-0.39, 0.29) is 17.2 Å². The first-order valence-corrected chi connectivity index (χ1v) is 12.6. The molecule has 0 radical (unpaired) electrons. The summed E-state index contributed by atoms with van der Waals surface area (Å²) in [4.78, 5) is 53.3. The van der Waals surface area contributed by atoms with E-state index < -0.39 is 12.1 Å². The number of hydrogen-bond acceptors (Lipinski definition) is 8. The highest BCUT2D eigenvalue weighted by Gasteiger charge is 2.38. The summed E-state index contributed by atoms with van der Waals surface area (Å²) in [5.74, 6) is -0.686. The number of methoxy groups -OCH3 is 1. The molecule has 15 heteroatoms. The largest absolute Gasteiger partial charge is 0.497 e. The molecule has 2 aromatic carbocycles. The minimum atomic E-state index is -5.08. The van der Waals surface area contributed by atoms with Gasteiger partial charge >= 0.3 is 17.8 Å². The maximum absolute atomic E-state index is 13.1. The summed E-state index contributed by atoms with van der Waals surface area (Å²) in [6, 6.07) is 11.1. The molecule has 1 aliphatic heterocycles. The molecule has 0 amide bonds. The topological polar surface area (TPSA) is 165 Å². The molecule has 42 heavy (non-hydrogen) atoms. The first-order valence-electron chi connectivity index (χ1n) is 12.6. The normalized spacial score (nSPS) is 14.5. The van der Waals surface area contributed by atoms with Gasteiger partial charge in [0.15, 0.2) is 5.65 Å². The number of hydrogen-bond donors (Lipinski definition) is 3. The van der Waals surface area contributed by atoms with Crippen LogP contribution in [-0.2, 0) is 17.8 Å². The summed E-state index contributed by atoms with van der Waals surface area (Å²) < 4.78 is 44.6. The van der Waals surface area contributed by atoms with Gasteiger partial charge in [0.1, 0.15) is 29.2 Å². The van der Waals surface area contributed by atoms with Crippen LogP contribution in [0.1, 0.15) is 24.2 Å². The molecule has 218 valence electrons. The molecular formula is C27H23F3N6O6. The quantitative estimate of drug-likeness (QED) is 0.287. The van der Waals surface area contributed by atoms with Crippen molar-refractivity contribution >= 4 is 28.0 Å². The van der Waals surface area contributed by atoms with E-state index >= 15 is 0 Å². The lowest BCUT2D eigenvalue weighted by molar-refractivity contribution is -0.192. The smallest absolute Gasteiger partial charge is 0.490 e. The number of benzene rings is 2. The van der Waals surface area contributed by atoms with E-state index in [4.69, 9.17) is 24.4 Å². The Hall–Kier alpha value is -5.21. The van der Waals surface area contributed by atoms with Crippen molar-refractivity contribution in [3.05, 3.63) is 75.0 Å². The molecule has 0 spiro atoms. The number of ether oxygens (including phenoxy) is 2. The number of carboxylic acids is 1. The molecule has 3 aromatic heterocycles. The van der Waals surface area contributed by atoms with Crippen LogP contribution in [0.4, 0.5) is 13.2 Å². The van der Waals surface area contributed by atoms with Gasteiger partial charge in [-0.3, -0.25) is 14.3 Å². The molecule has 3 N–H and O–H groups in total. The van der Waals surface area contributed by atoms with Gasteiger partial charge in [-0.15, -0.1) is 0 Å². The Morgan fingerprint density at radius 2 is 1.93 bits per heavy atom. The molecule has 1 atom stereocenters. The van der Waals surface area contributed by atoms with Crippen LogP contribution in [0.15, 0.2) is 52.3 Å². The number of halogens is 3. The molecule has 6 rings (SSSR count). The van der Waals surface area contributed by atoms with Crippen molar-refractivity contribution in [2.75, 3.05) is 13.7 Å². The third-order valence-corrected chi connectivity index (χ3v) is 6.68.